The summed E-state index contributed by atoms with van der Waals surface area (Å²) in [6.45, 7) is 0. The molecule has 0 atom stereocenters. The zero-order valence-corrected chi connectivity index (χ0v) is 6.55. The van der Waals surface area contributed by atoms with Crippen molar-refractivity contribution in [2.45, 2.75) is 6.42 Å². The summed E-state index contributed by atoms with van der Waals surface area (Å²) in [4.78, 5) is 10.2. The summed E-state index contributed by atoms with van der Waals surface area (Å²) in [6.07, 6.45) is -0.616. The summed E-state index contributed by atoms with van der Waals surface area (Å²) in [6, 6.07) is 1.99. The number of rotatable bonds is 2. The molecular formula is C8H7F2NO2. The number of benzene rings is 1. The number of hydrogen-bond acceptors (Lipinski definition) is 2. The third-order valence-electron chi connectivity index (χ3n) is 1.56. The van der Waals surface area contributed by atoms with Crippen molar-refractivity contribution in [3.63, 3.8) is 0 Å². The minimum atomic E-state index is -1.25. The standard InChI is InChI=1S/C8H7F2NO2/c9-5-1-2-6(11)4(8(5)10)3-7(12)13/h1-2H,3,11H2,(H,12,13). The summed E-state index contributed by atoms with van der Waals surface area (Å²) in [7, 11) is 0. The van der Waals surface area contributed by atoms with Crippen molar-refractivity contribution < 1.29 is 18.7 Å². The van der Waals surface area contributed by atoms with Crippen LogP contribution >= 0.6 is 0 Å². The summed E-state index contributed by atoms with van der Waals surface area (Å²) in [5.74, 6) is -3.54. The van der Waals surface area contributed by atoms with Gasteiger partial charge in [-0.05, 0) is 12.1 Å². The Morgan fingerprint density at radius 2 is 2.08 bits per heavy atom. The van der Waals surface area contributed by atoms with Gasteiger partial charge in [-0.2, -0.15) is 0 Å². The van der Waals surface area contributed by atoms with Gasteiger partial charge in [0.25, 0.3) is 0 Å². The Hall–Kier alpha value is -1.65. The average molecular weight is 187 g/mol. The predicted molar refractivity (Wildman–Crippen MR) is 42.1 cm³/mol. The molecule has 1 aromatic rings. The van der Waals surface area contributed by atoms with Gasteiger partial charge < -0.3 is 10.8 Å². The number of nitrogen functional groups attached to an aromatic ring is 1. The van der Waals surface area contributed by atoms with Gasteiger partial charge in [-0.15, -0.1) is 0 Å². The second kappa shape index (κ2) is 3.38. The van der Waals surface area contributed by atoms with E-state index < -0.39 is 24.0 Å². The van der Waals surface area contributed by atoms with Gasteiger partial charge >= 0.3 is 5.97 Å². The molecule has 0 saturated heterocycles. The van der Waals surface area contributed by atoms with Gasteiger partial charge in [-0.25, -0.2) is 8.78 Å². The Labute approximate surface area is 72.8 Å². The monoisotopic (exact) mass is 187 g/mol. The molecule has 1 aromatic carbocycles. The largest absolute Gasteiger partial charge is 0.481 e. The first-order chi connectivity index (χ1) is 6.02. The maximum absolute atomic E-state index is 12.9. The van der Waals surface area contributed by atoms with Gasteiger partial charge in [0.2, 0.25) is 0 Å². The van der Waals surface area contributed by atoms with E-state index in [-0.39, 0.29) is 11.3 Å². The number of carboxylic acids is 1. The number of hydrogen-bond donors (Lipinski definition) is 2. The van der Waals surface area contributed by atoms with Crippen molar-refractivity contribution in [3.05, 3.63) is 29.3 Å². The third kappa shape index (κ3) is 1.93. The lowest BCUT2D eigenvalue weighted by atomic mass is 10.1. The summed E-state index contributed by atoms with van der Waals surface area (Å²) in [5.41, 5.74) is 4.90. The lowest BCUT2D eigenvalue weighted by Crippen LogP contribution is -2.07. The molecule has 0 aliphatic carbocycles. The molecule has 0 aliphatic rings. The molecule has 0 bridgehead atoms. The van der Waals surface area contributed by atoms with E-state index in [0.717, 1.165) is 12.1 Å². The fraction of sp³-hybridized carbons (Fsp3) is 0.125. The Morgan fingerprint density at radius 3 is 2.62 bits per heavy atom. The van der Waals surface area contributed by atoms with Crippen LogP contribution in [-0.2, 0) is 11.2 Å². The third-order valence-corrected chi connectivity index (χ3v) is 1.56. The van der Waals surface area contributed by atoms with Crippen LogP contribution in [0.15, 0.2) is 12.1 Å². The lowest BCUT2D eigenvalue weighted by Gasteiger charge is -2.04. The van der Waals surface area contributed by atoms with Gasteiger partial charge in [0, 0.05) is 11.3 Å². The molecule has 3 nitrogen and oxygen atoms in total. The first kappa shape index (κ1) is 9.44. The van der Waals surface area contributed by atoms with Crippen molar-refractivity contribution in [1.29, 1.82) is 0 Å². The van der Waals surface area contributed by atoms with Crippen LogP contribution < -0.4 is 5.73 Å². The average Bonchev–Trinajstić information content (AvgIpc) is 2.05. The predicted octanol–water partition coefficient (Wildman–Crippen LogP) is 1.17. The van der Waals surface area contributed by atoms with Crippen LogP contribution in [0.3, 0.4) is 0 Å². The number of aliphatic carboxylic acids is 1. The lowest BCUT2D eigenvalue weighted by molar-refractivity contribution is -0.136. The van der Waals surface area contributed by atoms with E-state index in [0.29, 0.717) is 0 Å². The number of carboxylic acid groups (broad SMARTS) is 1. The van der Waals surface area contributed by atoms with Gasteiger partial charge in [0.15, 0.2) is 11.6 Å². The van der Waals surface area contributed by atoms with Crippen LogP contribution in [0, 0.1) is 11.6 Å². The van der Waals surface area contributed by atoms with Crippen molar-refractivity contribution in [2.75, 3.05) is 5.73 Å². The Balaban J connectivity index is 3.17. The van der Waals surface area contributed by atoms with Crippen LogP contribution in [0.4, 0.5) is 14.5 Å². The Bertz CT molecular complexity index is 352. The van der Waals surface area contributed by atoms with Crippen LogP contribution in [0.1, 0.15) is 5.56 Å². The van der Waals surface area contributed by atoms with Crippen molar-refractivity contribution in [1.82, 2.24) is 0 Å². The molecule has 0 heterocycles. The fourth-order valence-corrected chi connectivity index (χ4v) is 0.938. The number of carbonyl (C=O) groups is 1. The van der Waals surface area contributed by atoms with E-state index in [1.807, 2.05) is 0 Å². The van der Waals surface area contributed by atoms with Crippen LogP contribution in [0.2, 0.25) is 0 Å². The van der Waals surface area contributed by atoms with Crippen molar-refractivity contribution in [2.24, 2.45) is 0 Å². The molecule has 0 spiro atoms. The van der Waals surface area contributed by atoms with Gasteiger partial charge in [0.1, 0.15) is 0 Å². The van der Waals surface area contributed by atoms with E-state index >= 15 is 0 Å². The maximum Gasteiger partial charge on any atom is 0.308 e. The highest BCUT2D eigenvalue weighted by Crippen LogP contribution is 2.19. The molecule has 0 fully saturated rings. The molecule has 13 heavy (non-hydrogen) atoms. The molecular weight excluding hydrogens is 180 g/mol. The Morgan fingerprint density at radius 1 is 1.46 bits per heavy atom. The summed E-state index contributed by atoms with van der Waals surface area (Å²) >= 11 is 0. The molecule has 0 radical (unpaired) electrons. The normalized spacial score (nSPS) is 10.0. The quantitative estimate of drug-likeness (QED) is 0.683. The van der Waals surface area contributed by atoms with E-state index in [1.165, 1.54) is 0 Å². The fourth-order valence-electron chi connectivity index (χ4n) is 0.938. The highest BCUT2D eigenvalue weighted by Gasteiger charge is 2.14. The SMILES string of the molecule is Nc1ccc(F)c(F)c1CC(=O)O. The van der Waals surface area contributed by atoms with Crippen LogP contribution in [-0.4, -0.2) is 11.1 Å². The molecule has 70 valence electrons. The highest BCUT2D eigenvalue weighted by atomic mass is 19.2. The minimum absolute atomic E-state index is 0.0544. The molecule has 0 unspecified atom stereocenters. The first-order valence-corrected chi connectivity index (χ1v) is 3.46. The Kier molecular flexibility index (Phi) is 2.46. The molecule has 3 N–H and O–H groups in total. The number of halogens is 2. The van der Waals surface area contributed by atoms with E-state index in [9.17, 15) is 13.6 Å². The summed E-state index contributed by atoms with van der Waals surface area (Å²) < 4.78 is 25.5. The van der Waals surface area contributed by atoms with Crippen LogP contribution in [0.25, 0.3) is 0 Å². The van der Waals surface area contributed by atoms with Crippen LogP contribution in [0.5, 0.6) is 0 Å². The number of nitrogens with two attached hydrogens (primary N) is 1. The molecule has 1 rings (SSSR count). The maximum atomic E-state index is 12.9. The van der Waals surface area contributed by atoms with Gasteiger partial charge in [-0.1, -0.05) is 0 Å². The topological polar surface area (TPSA) is 63.3 Å². The van der Waals surface area contributed by atoms with E-state index in [1.54, 1.807) is 0 Å². The molecule has 0 aliphatic heterocycles. The highest BCUT2D eigenvalue weighted by molar-refractivity contribution is 5.73. The molecule has 0 aromatic heterocycles. The molecule has 0 saturated carbocycles. The smallest absolute Gasteiger partial charge is 0.308 e. The zero-order chi connectivity index (χ0) is 10.0. The zero-order valence-electron chi connectivity index (χ0n) is 6.55. The van der Waals surface area contributed by atoms with Gasteiger partial charge in [0.05, 0.1) is 6.42 Å². The van der Waals surface area contributed by atoms with E-state index in [2.05, 4.69) is 0 Å². The molecule has 0 amide bonds. The number of anilines is 1. The van der Waals surface area contributed by atoms with Gasteiger partial charge in [-0.3, -0.25) is 4.79 Å². The molecule has 5 heteroatoms. The van der Waals surface area contributed by atoms with Crippen molar-refractivity contribution in [3.8, 4) is 0 Å². The van der Waals surface area contributed by atoms with E-state index in [4.69, 9.17) is 10.8 Å². The second-order valence-corrected chi connectivity index (χ2v) is 2.50. The first-order valence-electron chi connectivity index (χ1n) is 3.46. The minimum Gasteiger partial charge on any atom is -0.481 e. The summed E-state index contributed by atoms with van der Waals surface area (Å²) in [5, 5.41) is 8.36. The second-order valence-electron chi connectivity index (χ2n) is 2.50. The van der Waals surface area contributed by atoms with Crippen molar-refractivity contribution >= 4 is 11.7 Å².